The number of carbonyl (C=O) groups is 1. The summed E-state index contributed by atoms with van der Waals surface area (Å²) < 4.78 is 5.93. The van der Waals surface area contributed by atoms with Crippen LogP contribution in [0.4, 0.5) is 0 Å². The van der Waals surface area contributed by atoms with Crippen molar-refractivity contribution in [3.05, 3.63) is 0 Å². The van der Waals surface area contributed by atoms with Gasteiger partial charge in [0.1, 0.15) is 0 Å². The van der Waals surface area contributed by atoms with E-state index in [0.29, 0.717) is 24.0 Å². The van der Waals surface area contributed by atoms with Crippen LogP contribution in [0.15, 0.2) is 4.99 Å². The van der Waals surface area contributed by atoms with Crippen LogP contribution in [0.1, 0.15) is 47.5 Å². The SMILES string of the molecule is CN=C(NCC(=O)NC(C)(C)C)NC1C2CCCOC2C1(C)C.I. The Balaban J connectivity index is 0.00000288. The molecule has 1 heterocycles. The zero-order valence-corrected chi connectivity index (χ0v) is 18.1. The van der Waals surface area contributed by atoms with E-state index in [1.54, 1.807) is 7.05 Å². The Morgan fingerprint density at radius 2 is 2.00 bits per heavy atom. The summed E-state index contributed by atoms with van der Waals surface area (Å²) in [6.45, 7) is 11.5. The number of aliphatic imine (C=N–C) groups is 1. The average Bonchev–Trinajstić information content (AvgIpc) is 2.45. The Hall–Kier alpha value is -0.570. The number of carbonyl (C=O) groups excluding carboxylic acids is 1. The van der Waals surface area contributed by atoms with Crippen LogP contribution in [-0.2, 0) is 9.53 Å². The summed E-state index contributed by atoms with van der Waals surface area (Å²) in [5.74, 6) is 1.17. The van der Waals surface area contributed by atoms with E-state index in [1.807, 2.05) is 20.8 Å². The van der Waals surface area contributed by atoms with E-state index in [1.165, 1.54) is 6.42 Å². The van der Waals surface area contributed by atoms with E-state index in [0.717, 1.165) is 13.0 Å². The fourth-order valence-electron chi connectivity index (χ4n) is 3.78. The van der Waals surface area contributed by atoms with Crippen LogP contribution < -0.4 is 16.0 Å². The molecule has 1 saturated heterocycles. The number of hydrogen-bond acceptors (Lipinski definition) is 3. The maximum absolute atomic E-state index is 11.9. The van der Waals surface area contributed by atoms with Gasteiger partial charge in [0.25, 0.3) is 0 Å². The van der Waals surface area contributed by atoms with Crippen molar-refractivity contribution in [1.29, 1.82) is 0 Å². The number of amides is 1. The van der Waals surface area contributed by atoms with Crippen molar-refractivity contribution in [2.75, 3.05) is 20.2 Å². The van der Waals surface area contributed by atoms with Gasteiger partial charge in [0.15, 0.2) is 5.96 Å². The first-order chi connectivity index (χ1) is 10.6. The molecule has 140 valence electrons. The van der Waals surface area contributed by atoms with Crippen molar-refractivity contribution in [2.24, 2.45) is 16.3 Å². The maximum atomic E-state index is 11.9. The minimum Gasteiger partial charge on any atom is -0.377 e. The molecule has 0 aromatic heterocycles. The molecule has 0 bridgehead atoms. The van der Waals surface area contributed by atoms with Gasteiger partial charge in [0.05, 0.1) is 12.6 Å². The average molecular weight is 452 g/mol. The highest BCUT2D eigenvalue weighted by molar-refractivity contribution is 14.0. The number of ether oxygens (including phenoxy) is 1. The second-order valence-electron chi connectivity index (χ2n) is 8.26. The first-order valence-corrected chi connectivity index (χ1v) is 8.55. The number of halogens is 1. The summed E-state index contributed by atoms with van der Waals surface area (Å²) in [6.07, 6.45) is 2.64. The molecule has 0 aromatic carbocycles. The molecule has 0 aromatic rings. The summed E-state index contributed by atoms with van der Waals surface area (Å²) in [7, 11) is 1.73. The fourth-order valence-corrected chi connectivity index (χ4v) is 3.78. The first-order valence-electron chi connectivity index (χ1n) is 8.55. The van der Waals surface area contributed by atoms with Gasteiger partial charge in [-0.2, -0.15) is 0 Å². The van der Waals surface area contributed by atoms with Gasteiger partial charge in [-0.25, -0.2) is 0 Å². The number of rotatable bonds is 3. The number of nitrogens with one attached hydrogen (secondary N) is 3. The van der Waals surface area contributed by atoms with Crippen LogP contribution in [0, 0.1) is 11.3 Å². The van der Waals surface area contributed by atoms with E-state index in [2.05, 4.69) is 34.8 Å². The van der Waals surface area contributed by atoms with Crippen molar-refractivity contribution in [2.45, 2.75) is 65.1 Å². The molecule has 3 atom stereocenters. The minimum absolute atomic E-state index is 0. The molecule has 1 saturated carbocycles. The van der Waals surface area contributed by atoms with E-state index in [4.69, 9.17) is 4.74 Å². The fraction of sp³-hybridized carbons (Fsp3) is 0.882. The standard InChI is InChI=1S/C17H32N4O2.HI/c1-16(2,3)21-12(22)10-19-15(18-6)20-13-11-8-7-9-23-14(11)17(13,4)5;/h11,13-14H,7-10H2,1-6H3,(H,21,22)(H2,18,19,20);1H. The van der Waals surface area contributed by atoms with Crippen molar-refractivity contribution in [1.82, 2.24) is 16.0 Å². The Kier molecular flexibility index (Phi) is 7.34. The quantitative estimate of drug-likeness (QED) is 0.348. The van der Waals surface area contributed by atoms with Gasteiger partial charge in [-0.3, -0.25) is 9.79 Å². The molecule has 2 aliphatic rings. The van der Waals surface area contributed by atoms with Gasteiger partial charge in [-0.05, 0) is 33.6 Å². The predicted molar refractivity (Wildman–Crippen MR) is 108 cm³/mol. The van der Waals surface area contributed by atoms with Crippen molar-refractivity contribution < 1.29 is 9.53 Å². The van der Waals surface area contributed by atoms with Crippen LogP contribution in [0.3, 0.4) is 0 Å². The molecule has 7 heteroatoms. The highest BCUT2D eigenvalue weighted by Gasteiger charge is 2.58. The molecule has 2 rings (SSSR count). The third kappa shape index (κ3) is 4.97. The van der Waals surface area contributed by atoms with Crippen LogP contribution >= 0.6 is 24.0 Å². The highest BCUT2D eigenvalue weighted by Crippen LogP contribution is 2.51. The Bertz CT molecular complexity index is 474. The van der Waals surface area contributed by atoms with Gasteiger partial charge in [-0.1, -0.05) is 13.8 Å². The zero-order chi connectivity index (χ0) is 17.3. The number of fused-ring (bicyclic) bond motifs is 1. The maximum Gasteiger partial charge on any atom is 0.239 e. The third-order valence-electron chi connectivity index (χ3n) is 4.78. The summed E-state index contributed by atoms with van der Waals surface area (Å²) in [6, 6.07) is 0.324. The molecule has 3 unspecified atom stereocenters. The van der Waals surface area contributed by atoms with Gasteiger partial charge >= 0.3 is 0 Å². The molecule has 0 radical (unpaired) electrons. The number of hydrogen-bond donors (Lipinski definition) is 3. The number of nitrogens with zero attached hydrogens (tertiary/aromatic N) is 1. The first kappa shape index (κ1) is 21.5. The molecular weight excluding hydrogens is 419 g/mol. The smallest absolute Gasteiger partial charge is 0.239 e. The van der Waals surface area contributed by atoms with Crippen LogP contribution in [0.25, 0.3) is 0 Å². The van der Waals surface area contributed by atoms with E-state index < -0.39 is 0 Å². The largest absolute Gasteiger partial charge is 0.377 e. The molecule has 1 aliphatic heterocycles. The molecule has 2 fully saturated rings. The van der Waals surface area contributed by atoms with E-state index in [-0.39, 0.29) is 47.4 Å². The van der Waals surface area contributed by atoms with Crippen LogP contribution in [0.5, 0.6) is 0 Å². The summed E-state index contributed by atoms with van der Waals surface area (Å²) in [5.41, 5.74) is -0.144. The Labute approximate surface area is 163 Å². The lowest BCUT2D eigenvalue weighted by molar-refractivity contribution is -0.188. The topological polar surface area (TPSA) is 74.8 Å². The number of guanidine groups is 1. The Morgan fingerprint density at radius 1 is 1.33 bits per heavy atom. The van der Waals surface area contributed by atoms with Crippen molar-refractivity contribution in [3.63, 3.8) is 0 Å². The molecule has 0 spiro atoms. The van der Waals surface area contributed by atoms with Gasteiger partial charge in [0, 0.05) is 36.6 Å². The summed E-state index contributed by atoms with van der Waals surface area (Å²) in [5, 5.41) is 9.54. The molecule has 3 N–H and O–H groups in total. The van der Waals surface area contributed by atoms with Crippen LogP contribution in [-0.4, -0.2) is 49.8 Å². The zero-order valence-electron chi connectivity index (χ0n) is 15.7. The lowest BCUT2D eigenvalue weighted by atomic mass is 9.55. The van der Waals surface area contributed by atoms with Gasteiger partial charge in [-0.15, -0.1) is 24.0 Å². The third-order valence-corrected chi connectivity index (χ3v) is 4.78. The lowest BCUT2D eigenvalue weighted by Crippen LogP contribution is -2.71. The summed E-state index contributed by atoms with van der Waals surface area (Å²) >= 11 is 0. The molecular formula is C17H33IN4O2. The molecule has 1 aliphatic carbocycles. The van der Waals surface area contributed by atoms with Gasteiger partial charge < -0.3 is 20.7 Å². The van der Waals surface area contributed by atoms with E-state index >= 15 is 0 Å². The lowest BCUT2D eigenvalue weighted by Gasteiger charge is -2.60. The second kappa shape index (κ2) is 8.21. The molecule has 1 amide bonds. The van der Waals surface area contributed by atoms with Gasteiger partial charge in [0.2, 0.25) is 5.91 Å². The molecule has 6 nitrogen and oxygen atoms in total. The highest BCUT2D eigenvalue weighted by atomic mass is 127. The molecule has 24 heavy (non-hydrogen) atoms. The van der Waals surface area contributed by atoms with Crippen molar-refractivity contribution in [3.8, 4) is 0 Å². The van der Waals surface area contributed by atoms with E-state index in [9.17, 15) is 4.79 Å². The minimum atomic E-state index is -0.224. The predicted octanol–water partition coefficient (Wildman–Crippen LogP) is 1.89. The van der Waals surface area contributed by atoms with Crippen molar-refractivity contribution >= 4 is 35.8 Å². The monoisotopic (exact) mass is 452 g/mol. The summed E-state index contributed by atoms with van der Waals surface area (Å²) in [4.78, 5) is 16.2. The van der Waals surface area contributed by atoms with Crippen LogP contribution in [0.2, 0.25) is 0 Å². The second-order valence-corrected chi connectivity index (χ2v) is 8.26. The Morgan fingerprint density at radius 3 is 2.58 bits per heavy atom. The normalized spacial score (nSPS) is 28.8.